The number of aliphatic hydroxyl groups is 1. The number of benzene rings is 2. The van der Waals surface area contributed by atoms with Gasteiger partial charge in [0.05, 0.1) is 16.6 Å². The Labute approximate surface area is 131 Å². The second-order valence-electron chi connectivity index (χ2n) is 4.77. The van der Waals surface area contributed by atoms with Crippen LogP contribution >= 0.6 is 11.6 Å². The number of hydrogen-bond donors (Lipinski definition) is 1. The maximum atomic E-state index is 11.3. The van der Waals surface area contributed by atoms with E-state index in [2.05, 4.69) is 0 Å². The Kier molecular flexibility index (Phi) is 3.87. The van der Waals surface area contributed by atoms with Crippen molar-refractivity contribution in [1.82, 2.24) is 0 Å². The fraction of sp³-hybridized carbons (Fsp3) is 0.200. The summed E-state index contributed by atoms with van der Waals surface area (Å²) in [6, 6.07) is 9.20. The molecule has 2 aromatic rings. The number of hydrogen-bond acceptors (Lipinski definition) is 5. The molecule has 0 saturated carbocycles. The van der Waals surface area contributed by atoms with E-state index in [1.807, 2.05) is 0 Å². The fourth-order valence-electron chi connectivity index (χ4n) is 2.30. The Morgan fingerprint density at radius 2 is 1.73 bits per heavy atom. The van der Waals surface area contributed by atoms with Gasteiger partial charge in [-0.2, -0.15) is 0 Å². The maximum absolute atomic E-state index is 11.3. The molecule has 1 unspecified atom stereocenters. The summed E-state index contributed by atoms with van der Waals surface area (Å²) in [5.41, 5.74) is 0.437. The molecule has 0 saturated heterocycles. The van der Waals surface area contributed by atoms with Crippen molar-refractivity contribution in [3.8, 4) is 11.5 Å². The first-order valence-corrected chi connectivity index (χ1v) is 6.95. The van der Waals surface area contributed by atoms with Crippen LogP contribution in [0, 0.1) is 10.1 Å². The molecule has 1 N–H and O–H groups in total. The zero-order valence-corrected chi connectivity index (χ0v) is 12.1. The molecule has 0 aromatic heterocycles. The van der Waals surface area contributed by atoms with Gasteiger partial charge in [-0.25, -0.2) is 0 Å². The summed E-state index contributed by atoms with van der Waals surface area (Å²) in [4.78, 5) is 10.7. The summed E-state index contributed by atoms with van der Waals surface area (Å²) >= 11 is 5.81. The summed E-state index contributed by atoms with van der Waals surface area (Å²) in [7, 11) is 0. The van der Waals surface area contributed by atoms with Crippen molar-refractivity contribution in [2.24, 2.45) is 0 Å². The summed E-state index contributed by atoms with van der Waals surface area (Å²) in [6.45, 7) is 0.699. The van der Waals surface area contributed by atoms with Gasteiger partial charge in [0.25, 0.3) is 5.69 Å². The molecule has 0 fully saturated rings. The molecule has 2 aromatic carbocycles. The largest absolute Gasteiger partial charge is 0.486 e. The van der Waals surface area contributed by atoms with Crippen LogP contribution in [0.4, 0.5) is 5.69 Å². The third-order valence-electron chi connectivity index (χ3n) is 3.37. The van der Waals surface area contributed by atoms with E-state index in [1.54, 1.807) is 24.3 Å². The molecule has 0 radical (unpaired) electrons. The van der Waals surface area contributed by atoms with E-state index in [4.69, 9.17) is 21.1 Å². The van der Waals surface area contributed by atoms with Crippen molar-refractivity contribution in [3.05, 3.63) is 62.7 Å². The molecule has 114 valence electrons. The number of nitro benzene ring substituents is 1. The quantitative estimate of drug-likeness (QED) is 0.694. The van der Waals surface area contributed by atoms with E-state index in [-0.39, 0.29) is 11.3 Å². The van der Waals surface area contributed by atoms with Gasteiger partial charge in [-0.15, -0.1) is 0 Å². The molecule has 1 atom stereocenters. The highest BCUT2D eigenvalue weighted by atomic mass is 35.5. The van der Waals surface area contributed by atoms with Gasteiger partial charge in [0.1, 0.15) is 19.3 Å². The van der Waals surface area contributed by atoms with E-state index in [1.165, 1.54) is 12.1 Å². The molecule has 0 bridgehead atoms. The zero-order valence-electron chi connectivity index (χ0n) is 11.4. The van der Waals surface area contributed by atoms with Crippen LogP contribution in [-0.2, 0) is 0 Å². The van der Waals surface area contributed by atoms with Crippen LogP contribution < -0.4 is 9.47 Å². The second-order valence-corrected chi connectivity index (χ2v) is 5.20. The highest BCUT2D eigenvalue weighted by Gasteiger charge is 2.27. The second kappa shape index (κ2) is 5.82. The van der Waals surface area contributed by atoms with Crippen LogP contribution in [0.3, 0.4) is 0 Å². The van der Waals surface area contributed by atoms with Crippen molar-refractivity contribution in [3.63, 3.8) is 0 Å². The number of ether oxygens (including phenoxy) is 2. The average Bonchev–Trinajstić information content (AvgIpc) is 2.53. The highest BCUT2D eigenvalue weighted by Crippen LogP contribution is 2.40. The lowest BCUT2D eigenvalue weighted by Crippen LogP contribution is -2.16. The molecule has 6 nitrogen and oxygen atoms in total. The monoisotopic (exact) mass is 321 g/mol. The first-order valence-electron chi connectivity index (χ1n) is 6.57. The first kappa shape index (κ1) is 14.6. The van der Waals surface area contributed by atoms with Gasteiger partial charge >= 0.3 is 0 Å². The number of nitro groups is 1. The van der Waals surface area contributed by atoms with Gasteiger partial charge in [-0.3, -0.25) is 10.1 Å². The van der Waals surface area contributed by atoms with E-state index in [9.17, 15) is 15.2 Å². The summed E-state index contributed by atoms with van der Waals surface area (Å²) in [5, 5.41) is 22.3. The van der Waals surface area contributed by atoms with Gasteiger partial charge in [0, 0.05) is 5.02 Å². The Bertz CT molecular complexity index is 717. The van der Waals surface area contributed by atoms with Crippen LogP contribution in [0.5, 0.6) is 11.5 Å². The lowest BCUT2D eigenvalue weighted by molar-refractivity contribution is -0.386. The number of fused-ring (bicyclic) bond motifs is 1. The minimum absolute atomic E-state index is 0.150. The fourth-order valence-corrected chi connectivity index (χ4v) is 2.42. The lowest BCUT2D eigenvalue weighted by Gasteiger charge is -2.20. The Morgan fingerprint density at radius 1 is 1.14 bits per heavy atom. The summed E-state index contributed by atoms with van der Waals surface area (Å²) in [6.07, 6.45) is -1.16. The summed E-state index contributed by atoms with van der Waals surface area (Å²) < 4.78 is 10.8. The van der Waals surface area contributed by atoms with E-state index < -0.39 is 11.0 Å². The van der Waals surface area contributed by atoms with Gasteiger partial charge in [0.15, 0.2) is 11.5 Å². The zero-order chi connectivity index (χ0) is 15.7. The molecule has 3 rings (SSSR count). The minimum Gasteiger partial charge on any atom is -0.486 e. The molecular formula is C15H12ClNO5. The van der Waals surface area contributed by atoms with Crippen LogP contribution in [0.2, 0.25) is 5.02 Å². The molecule has 0 amide bonds. The van der Waals surface area contributed by atoms with Gasteiger partial charge in [-0.1, -0.05) is 23.7 Å². The predicted octanol–water partition coefficient (Wildman–Crippen LogP) is 3.10. The van der Waals surface area contributed by atoms with Crippen molar-refractivity contribution >= 4 is 17.3 Å². The van der Waals surface area contributed by atoms with E-state index >= 15 is 0 Å². The third kappa shape index (κ3) is 2.70. The average molecular weight is 322 g/mol. The SMILES string of the molecule is O=[N+]([O-])c1cc2c(cc1C(O)c1ccc(Cl)cc1)OCCO2. The summed E-state index contributed by atoms with van der Waals surface area (Å²) in [5.74, 6) is 0.699. The smallest absolute Gasteiger partial charge is 0.279 e. The molecule has 0 aliphatic carbocycles. The van der Waals surface area contributed by atoms with Gasteiger partial charge < -0.3 is 14.6 Å². The highest BCUT2D eigenvalue weighted by molar-refractivity contribution is 6.30. The van der Waals surface area contributed by atoms with Crippen LogP contribution in [0.15, 0.2) is 36.4 Å². The number of nitrogens with zero attached hydrogens (tertiary/aromatic N) is 1. The molecule has 1 aliphatic rings. The van der Waals surface area contributed by atoms with Gasteiger partial charge in [0.2, 0.25) is 0 Å². The molecular weight excluding hydrogens is 310 g/mol. The van der Waals surface area contributed by atoms with Crippen LogP contribution in [-0.4, -0.2) is 23.2 Å². The Hall–Kier alpha value is -2.31. The lowest BCUT2D eigenvalue weighted by atomic mass is 9.99. The number of halogens is 1. The third-order valence-corrected chi connectivity index (χ3v) is 3.62. The molecule has 1 aliphatic heterocycles. The van der Waals surface area contributed by atoms with Crippen molar-refractivity contribution in [2.75, 3.05) is 13.2 Å². The number of rotatable bonds is 3. The minimum atomic E-state index is -1.16. The first-order chi connectivity index (χ1) is 10.6. The number of aliphatic hydroxyl groups excluding tert-OH is 1. The standard InChI is InChI=1S/C15H12ClNO5/c16-10-3-1-9(2-4-10)15(18)11-7-13-14(22-6-5-21-13)8-12(11)17(19)20/h1-4,7-8,15,18H,5-6H2. The molecule has 7 heteroatoms. The molecule has 0 spiro atoms. The maximum Gasteiger partial charge on any atom is 0.279 e. The van der Waals surface area contributed by atoms with Crippen molar-refractivity contribution < 1.29 is 19.5 Å². The Balaban J connectivity index is 2.07. The van der Waals surface area contributed by atoms with Crippen molar-refractivity contribution in [2.45, 2.75) is 6.10 Å². The Morgan fingerprint density at radius 3 is 2.32 bits per heavy atom. The van der Waals surface area contributed by atoms with Crippen molar-refractivity contribution in [1.29, 1.82) is 0 Å². The molecule has 22 heavy (non-hydrogen) atoms. The normalized spacial score (nSPS) is 14.5. The van der Waals surface area contributed by atoms with E-state index in [0.29, 0.717) is 35.3 Å². The predicted molar refractivity (Wildman–Crippen MR) is 79.6 cm³/mol. The molecule has 1 heterocycles. The topological polar surface area (TPSA) is 81.8 Å². The van der Waals surface area contributed by atoms with Crippen LogP contribution in [0.25, 0.3) is 0 Å². The van der Waals surface area contributed by atoms with E-state index in [0.717, 1.165) is 0 Å². The van der Waals surface area contributed by atoms with Gasteiger partial charge in [-0.05, 0) is 23.8 Å². The van der Waals surface area contributed by atoms with Crippen LogP contribution in [0.1, 0.15) is 17.2 Å².